The zero-order valence-corrected chi connectivity index (χ0v) is 11.7. The highest BCUT2D eigenvalue weighted by atomic mass is 16.5. The van der Waals surface area contributed by atoms with Crippen LogP contribution >= 0.6 is 0 Å². The maximum atomic E-state index is 9.77. The fourth-order valence-corrected chi connectivity index (χ4v) is 2.04. The third-order valence-corrected chi connectivity index (χ3v) is 3.26. The maximum Gasteiger partial charge on any atom is 0.125 e. The molecule has 0 aliphatic heterocycles. The van der Waals surface area contributed by atoms with E-state index in [1.807, 2.05) is 37.3 Å². The van der Waals surface area contributed by atoms with Crippen molar-refractivity contribution >= 4 is 0 Å². The van der Waals surface area contributed by atoms with Crippen LogP contribution in [-0.4, -0.2) is 5.11 Å². The first-order valence-electron chi connectivity index (χ1n) is 6.54. The van der Waals surface area contributed by atoms with Crippen molar-refractivity contribution in [2.24, 2.45) is 0 Å². The van der Waals surface area contributed by atoms with Crippen molar-refractivity contribution < 1.29 is 9.84 Å². The molecule has 0 saturated carbocycles. The fraction of sp³-hybridized carbons (Fsp3) is 0.294. The Balaban J connectivity index is 2.19. The number of aryl methyl sites for hydroxylation is 2. The zero-order chi connectivity index (χ0) is 13.8. The Labute approximate surface area is 114 Å². The van der Waals surface area contributed by atoms with Crippen molar-refractivity contribution in [3.8, 4) is 5.75 Å². The lowest BCUT2D eigenvalue weighted by atomic mass is 10.1. The van der Waals surface area contributed by atoms with E-state index in [4.69, 9.17) is 4.74 Å². The summed E-state index contributed by atoms with van der Waals surface area (Å²) in [4.78, 5) is 0. The second kappa shape index (κ2) is 5.89. The van der Waals surface area contributed by atoms with Gasteiger partial charge in [-0.2, -0.15) is 0 Å². The van der Waals surface area contributed by atoms with E-state index in [0.29, 0.717) is 6.61 Å². The molecule has 2 aromatic carbocycles. The van der Waals surface area contributed by atoms with Gasteiger partial charge in [-0.15, -0.1) is 0 Å². The molecule has 0 saturated heterocycles. The summed E-state index contributed by atoms with van der Waals surface area (Å²) >= 11 is 0. The van der Waals surface area contributed by atoms with Crippen molar-refractivity contribution in [2.75, 3.05) is 0 Å². The van der Waals surface area contributed by atoms with E-state index in [1.165, 1.54) is 11.1 Å². The van der Waals surface area contributed by atoms with Crippen molar-refractivity contribution in [3.63, 3.8) is 0 Å². The summed E-state index contributed by atoms with van der Waals surface area (Å²) in [6.07, 6.45) is -0.521. The summed E-state index contributed by atoms with van der Waals surface area (Å²) in [7, 11) is 0. The van der Waals surface area contributed by atoms with Crippen LogP contribution in [0.2, 0.25) is 0 Å². The number of hydrogen-bond acceptors (Lipinski definition) is 2. The number of rotatable bonds is 4. The van der Waals surface area contributed by atoms with E-state index in [2.05, 4.69) is 19.1 Å². The number of aliphatic hydroxyl groups excluding tert-OH is 1. The summed E-state index contributed by atoms with van der Waals surface area (Å²) < 4.78 is 5.89. The Morgan fingerprint density at radius 1 is 1.11 bits per heavy atom. The Kier molecular flexibility index (Phi) is 4.23. The monoisotopic (exact) mass is 256 g/mol. The Morgan fingerprint density at radius 2 is 1.84 bits per heavy atom. The SMILES string of the molecule is Cc1ccc([C@@H](C)O)c(OCc2ccccc2C)c1. The van der Waals surface area contributed by atoms with Gasteiger partial charge in [0.15, 0.2) is 0 Å². The highest BCUT2D eigenvalue weighted by Gasteiger charge is 2.09. The minimum atomic E-state index is -0.521. The van der Waals surface area contributed by atoms with Crippen molar-refractivity contribution in [1.29, 1.82) is 0 Å². The highest BCUT2D eigenvalue weighted by molar-refractivity contribution is 5.38. The van der Waals surface area contributed by atoms with Crippen molar-refractivity contribution in [1.82, 2.24) is 0 Å². The number of aliphatic hydroxyl groups is 1. The summed E-state index contributed by atoms with van der Waals surface area (Å²) in [5.41, 5.74) is 4.35. The molecule has 0 aliphatic rings. The molecule has 0 aliphatic carbocycles. The van der Waals surface area contributed by atoms with E-state index < -0.39 is 6.10 Å². The lowest BCUT2D eigenvalue weighted by molar-refractivity contribution is 0.190. The van der Waals surface area contributed by atoms with Gasteiger partial charge in [0.05, 0.1) is 6.10 Å². The third kappa shape index (κ3) is 3.36. The first kappa shape index (κ1) is 13.6. The minimum absolute atomic E-state index is 0.521. The number of hydrogen-bond donors (Lipinski definition) is 1. The van der Waals surface area contributed by atoms with E-state index in [1.54, 1.807) is 6.92 Å². The molecule has 2 rings (SSSR count). The topological polar surface area (TPSA) is 29.5 Å². The predicted molar refractivity (Wildman–Crippen MR) is 77.3 cm³/mol. The molecular formula is C17H20O2. The van der Waals surface area contributed by atoms with Crippen LogP contribution in [0.5, 0.6) is 5.75 Å². The van der Waals surface area contributed by atoms with Crippen molar-refractivity contribution in [2.45, 2.75) is 33.5 Å². The smallest absolute Gasteiger partial charge is 0.125 e. The van der Waals surface area contributed by atoms with Crippen LogP contribution in [0.4, 0.5) is 0 Å². The summed E-state index contributed by atoms with van der Waals surface area (Å²) in [5, 5.41) is 9.77. The van der Waals surface area contributed by atoms with Gasteiger partial charge in [-0.3, -0.25) is 0 Å². The number of benzene rings is 2. The van der Waals surface area contributed by atoms with Gasteiger partial charge >= 0.3 is 0 Å². The molecule has 0 fully saturated rings. The van der Waals surface area contributed by atoms with Crippen LogP contribution in [0.25, 0.3) is 0 Å². The molecule has 2 heteroatoms. The standard InChI is InChI=1S/C17H20O2/c1-12-8-9-16(14(3)18)17(10-12)19-11-15-7-5-4-6-13(15)2/h4-10,14,18H,11H2,1-3H3/t14-/m1/s1. The first-order valence-corrected chi connectivity index (χ1v) is 6.54. The molecule has 0 unspecified atom stereocenters. The minimum Gasteiger partial charge on any atom is -0.489 e. The summed E-state index contributed by atoms with van der Waals surface area (Å²) in [5.74, 6) is 0.762. The van der Waals surface area contributed by atoms with Gasteiger partial charge in [0.25, 0.3) is 0 Å². The molecule has 0 aromatic heterocycles. The van der Waals surface area contributed by atoms with Crippen LogP contribution in [0.3, 0.4) is 0 Å². The molecule has 0 heterocycles. The lowest BCUT2D eigenvalue weighted by Crippen LogP contribution is -2.02. The van der Waals surface area contributed by atoms with Gasteiger partial charge in [0.1, 0.15) is 12.4 Å². The van der Waals surface area contributed by atoms with Crippen molar-refractivity contribution in [3.05, 3.63) is 64.7 Å². The molecule has 0 amide bonds. The second-order valence-electron chi connectivity index (χ2n) is 4.93. The van der Waals surface area contributed by atoms with Gasteiger partial charge in [0, 0.05) is 5.56 Å². The largest absolute Gasteiger partial charge is 0.489 e. The third-order valence-electron chi connectivity index (χ3n) is 3.26. The Morgan fingerprint density at radius 3 is 2.53 bits per heavy atom. The highest BCUT2D eigenvalue weighted by Crippen LogP contribution is 2.27. The Hall–Kier alpha value is -1.80. The molecule has 1 N–H and O–H groups in total. The van der Waals surface area contributed by atoms with E-state index in [0.717, 1.165) is 16.9 Å². The van der Waals surface area contributed by atoms with Crippen LogP contribution in [0.1, 0.15) is 35.3 Å². The Bertz CT molecular complexity index is 559. The van der Waals surface area contributed by atoms with Crippen LogP contribution in [-0.2, 0) is 6.61 Å². The summed E-state index contributed by atoms with van der Waals surface area (Å²) in [6, 6.07) is 14.1. The average Bonchev–Trinajstić information content (AvgIpc) is 2.37. The molecule has 0 radical (unpaired) electrons. The molecule has 2 aromatic rings. The van der Waals surface area contributed by atoms with Gasteiger partial charge in [-0.25, -0.2) is 0 Å². The summed E-state index contributed by atoms with van der Waals surface area (Å²) in [6.45, 7) is 6.37. The molecule has 19 heavy (non-hydrogen) atoms. The average molecular weight is 256 g/mol. The first-order chi connectivity index (χ1) is 9.08. The van der Waals surface area contributed by atoms with Gasteiger partial charge in [-0.1, -0.05) is 36.4 Å². The van der Waals surface area contributed by atoms with Crippen LogP contribution in [0.15, 0.2) is 42.5 Å². The van der Waals surface area contributed by atoms with Gasteiger partial charge in [0.2, 0.25) is 0 Å². The molecule has 2 nitrogen and oxygen atoms in total. The molecular weight excluding hydrogens is 236 g/mol. The van der Waals surface area contributed by atoms with E-state index in [-0.39, 0.29) is 0 Å². The maximum absolute atomic E-state index is 9.77. The second-order valence-corrected chi connectivity index (χ2v) is 4.93. The lowest BCUT2D eigenvalue weighted by Gasteiger charge is -2.15. The van der Waals surface area contributed by atoms with Gasteiger partial charge in [-0.05, 0) is 43.5 Å². The van der Waals surface area contributed by atoms with E-state index >= 15 is 0 Å². The normalized spacial score (nSPS) is 12.2. The molecule has 0 spiro atoms. The van der Waals surface area contributed by atoms with Crippen LogP contribution in [0, 0.1) is 13.8 Å². The fourth-order valence-electron chi connectivity index (χ4n) is 2.04. The van der Waals surface area contributed by atoms with Crippen LogP contribution < -0.4 is 4.74 Å². The predicted octanol–water partition coefficient (Wildman–Crippen LogP) is 3.94. The number of ether oxygens (including phenoxy) is 1. The quantitative estimate of drug-likeness (QED) is 0.898. The molecule has 0 bridgehead atoms. The molecule has 100 valence electrons. The zero-order valence-electron chi connectivity index (χ0n) is 11.7. The molecule has 1 atom stereocenters. The van der Waals surface area contributed by atoms with Gasteiger partial charge < -0.3 is 9.84 Å². The van der Waals surface area contributed by atoms with E-state index in [9.17, 15) is 5.11 Å².